The number of aryl methyl sites for hydroxylation is 1. The highest BCUT2D eigenvalue weighted by Crippen LogP contribution is 2.27. The number of aromatic nitrogens is 5. The van der Waals surface area contributed by atoms with Gasteiger partial charge in [-0.05, 0) is 35.4 Å². The fraction of sp³-hybridized carbons (Fsp3) is 0.0400. The molecule has 6 nitrogen and oxygen atoms in total. The summed E-state index contributed by atoms with van der Waals surface area (Å²) in [5, 5.41) is 5.46. The monoisotopic (exact) mass is 403 g/mol. The minimum atomic E-state index is -0.0436. The van der Waals surface area contributed by atoms with Gasteiger partial charge in [-0.25, -0.2) is 4.52 Å². The molecule has 0 amide bonds. The van der Waals surface area contributed by atoms with E-state index in [4.69, 9.17) is 5.10 Å². The lowest BCUT2D eigenvalue weighted by Gasteiger charge is -2.09. The Balaban J connectivity index is 1.62. The summed E-state index contributed by atoms with van der Waals surface area (Å²) in [6.45, 7) is 0. The van der Waals surface area contributed by atoms with E-state index >= 15 is 0 Å². The Hall–Kier alpha value is -4.32. The lowest BCUT2D eigenvalue weighted by molar-refractivity contribution is 0.850. The van der Waals surface area contributed by atoms with Crippen molar-refractivity contribution >= 4 is 27.6 Å². The first-order valence-electron chi connectivity index (χ1n) is 9.98. The zero-order chi connectivity index (χ0) is 20.9. The highest BCUT2D eigenvalue weighted by atomic mass is 16.1. The van der Waals surface area contributed by atoms with Crippen LogP contribution in [0.5, 0.6) is 0 Å². The molecule has 0 aliphatic carbocycles. The second-order valence-corrected chi connectivity index (χ2v) is 7.52. The van der Waals surface area contributed by atoms with Crippen LogP contribution in [0.2, 0.25) is 0 Å². The highest BCUT2D eigenvalue weighted by Gasteiger charge is 2.14. The zero-order valence-corrected chi connectivity index (χ0v) is 16.7. The molecule has 3 heterocycles. The maximum absolute atomic E-state index is 13.0. The number of nitrogens with zero attached hydrogens (tertiary/aromatic N) is 5. The summed E-state index contributed by atoms with van der Waals surface area (Å²) < 4.78 is 3.50. The van der Waals surface area contributed by atoms with Crippen LogP contribution in [-0.2, 0) is 7.05 Å². The van der Waals surface area contributed by atoms with Gasteiger partial charge in [0.1, 0.15) is 5.65 Å². The molecule has 0 radical (unpaired) electrons. The van der Waals surface area contributed by atoms with Crippen LogP contribution in [0.3, 0.4) is 0 Å². The molecule has 0 saturated carbocycles. The number of fused-ring (bicyclic) bond motifs is 4. The van der Waals surface area contributed by atoms with Crippen LogP contribution >= 0.6 is 0 Å². The van der Waals surface area contributed by atoms with Crippen LogP contribution in [-0.4, -0.2) is 24.1 Å². The van der Waals surface area contributed by atoms with Crippen molar-refractivity contribution in [2.75, 3.05) is 0 Å². The number of hydrogen-bond donors (Lipinski definition) is 0. The molecule has 0 unspecified atom stereocenters. The van der Waals surface area contributed by atoms with Crippen molar-refractivity contribution in [3.8, 4) is 22.4 Å². The topological polar surface area (TPSA) is 65.1 Å². The Morgan fingerprint density at radius 1 is 0.742 bits per heavy atom. The molecule has 6 rings (SSSR count). The van der Waals surface area contributed by atoms with Gasteiger partial charge in [0.2, 0.25) is 0 Å². The van der Waals surface area contributed by atoms with Gasteiger partial charge in [-0.15, -0.1) is 0 Å². The Kier molecular flexibility index (Phi) is 3.73. The number of hydrogen-bond acceptors (Lipinski definition) is 4. The molecule has 6 aromatic rings. The first-order valence-corrected chi connectivity index (χ1v) is 9.98. The van der Waals surface area contributed by atoms with Crippen molar-refractivity contribution in [2.24, 2.45) is 7.05 Å². The molecule has 6 heteroatoms. The van der Waals surface area contributed by atoms with Crippen LogP contribution in [0.25, 0.3) is 50.0 Å². The van der Waals surface area contributed by atoms with E-state index in [9.17, 15) is 4.79 Å². The molecular weight excluding hydrogens is 386 g/mol. The van der Waals surface area contributed by atoms with Gasteiger partial charge >= 0.3 is 0 Å². The van der Waals surface area contributed by atoms with Gasteiger partial charge < -0.3 is 0 Å². The molecule has 0 aliphatic heterocycles. The maximum atomic E-state index is 13.0. The summed E-state index contributed by atoms with van der Waals surface area (Å²) in [5.41, 5.74) is 7.01. The van der Waals surface area contributed by atoms with Gasteiger partial charge in [-0.1, -0.05) is 42.5 Å². The van der Waals surface area contributed by atoms with Gasteiger partial charge in [-0.3, -0.25) is 19.3 Å². The van der Waals surface area contributed by atoms with Crippen LogP contribution in [0.4, 0.5) is 0 Å². The highest BCUT2D eigenvalue weighted by molar-refractivity contribution is 5.88. The summed E-state index contributed by atoms with van der Waals surface area (Å²) >= 11 is 0. The molecule has 0 saturated heterocycles. The van der Waals surface area contributed by atoms with Gasteiger partial charge in [0, 0.05) is 31.1 Å². The third-order valence-electron chi connectivity index (χ3n) is 5.67. The summed E-state index contributed by atoms with van der Waals surface area (Å²) in [5.74, 6) is 0. The van der Waals surface area contributed by atoms with E-state index in [2.05, 4.69) is 9.97 Å². The van der Waals surface area contributed by atoms with Crippen LogP contribution in [0.15, 0.2) is 90.0 Å². The average molecular weight is 403 g/mol. The fourth-order valence-corrected chi connectivity index (χ4v) is 4.03. The van der Waals surface area contributed by atoms with Crippen molar-refractivity contribution in [3.05, 3.63) is 95.5 Å². The Bertz CT molecular complexity index is 1660. The zero-order valence-electron chi connectivity index (χ0n) is 16.7. The Labute approximate surface area is 177 Å². The minimum Gasteiger partial charge on any atom is -0.296 e. The quantitative estimate of drug-likeness (QED) is 0.428. The van der Waals surface area contributed by atoms with Gasteiger partial charge in [0.15, 0.2) is 0 Å². The van der Waals surface area contributed by atoms with Crippen molar-refractivity contribution in [3.63, 3.8) is 0 Å². The summed E-state index contributed by atoms with van der Waals surface area (Å²) in [7, 11) is 1.78. The summed E-state index contributed by atoms with van der Waals surface area (Å²) in [6.07, 6.45) is 3.38. The van der Waals surface area contributed by atoms with Gasteiger partial charge in [0.25, 0.3) is 5.56 Å². The second-order valence-electron chi connectivity index (χ2n) is 7.52. The van der Waals surface area contributed by atoms with Crippen molar-refractivity contribution in [2.45, 2.75) is 0 Å². The average Bonchev–Trinajstić information content (AvgIpc) is 3.28. The molecule has 31 heavy (non-hydrogen) atoms. The second kappa shape index (κ2) is 6.60. The SMILES string of the molecule is Cn1c(=O)c2ccc(-c3ccc4nccnc4c3)cc2n2nc(-c3ccccc3)cc12. The smallest absolute Gasteiger partial charge is 0.261 e. The van der Waals surface area contributed by atoms with E-state index in [0.717, 1.165) is 44.6 Å². The minimum absolute atomic E-state index is 0.0436. The standard InChI is InChI=1S/C25H17N5O/c1-29-24-15-21(16-5-3-2-4-6-16)28-30(24)23-14-18(7-9-19(23)25(29)31)17-8-10-20-22(13-17)27-12-11-26-20/h2-15H,1H3. The molecule has 0 fully saturated rings. The van der Waals surface area contributed by atoms with E-state index in [1.807, 2.05) is 77.3 Å². The third-order valence-corrected chi connectivity index (χ3v) is 5.67. The number of benzene rings is 3. The van der Waals surface area contributed by atoms with Crippen LogP contribution in [0.1, 0.15) is 0 Å². The lowest BCUT2D eigenvalue weighted by Crippen LogP contribution is -2.19. The normalized spacial score (nSPS) is 11.5. The van der Waals surface area contributed by atoms with Crippen molar-refractivity contribution in [1.29, 1.82) is 0 Å². The molecule has 148 valence electrons. The maximum Gasteiger partial charge on any atom is 0.261 e. The Morgan fingerprint density at radius 3 is 2.32 bits per heavy atom. The third kappa shape index (κ3) is 2.73. The van der Waals surface area contributed by atoms with Crippen LogP contribution in [0, 0.1) is 0 Å². The van der Waals surface area contributed by atoms with Gasteiger partial charge in [-0.2, -0.15) is 5.10 Å². The van der Waals surface area contributed by atoms with E-state index in [1.54, 1.807) is 24.0 Å². The predicted molar refractivity (Wildman–Crippen MR) is 122 cm³/mol. The summed E-state index contributed by atoms with van der Waals surface area (Å²) in [6, 6.07) is 23.8. The predicted octanol–water partition coefficient (Wildman–Crippen LogP) is 4.46. The van der Waals surface area contributed by atoms with Crippen molar-refractivity contribution < 1.29 is 0 Å². The van der Waals surface area contributed by atoms with Gasteiger partial charge in [0.05, 0.1) is 27.6 Å². The molecule has 3 aromatic carbocycles. The first kappa shape index (κ1) is 17.5. The molecule has 0 spiro atoms. The van der Waals surface area contributed by atoms with E-state index in [0.29, 0.717) is 5.39 Å². The first-order chi connectivity index (χ1) is 15.2. The van der Waals surface area contributed by atoms with E-state index in [-0.39, 0.29) is 5.56 Å². The molecule has 0 atom stereocenters. The van der Waals surface area contributed by atoms with E-state index < -0.39 is 0 Å². The van der Waals surface area contributed by atoms with Crippen molar-refractivity contribution in [1.82, 2.24) is 24.1 Å². The molecule has 0 N–H and O–H groups in total. The molecular formula is C25H17N5O. The Morgan fingerprint density at radius 2 is 1.48 bits per heavy atom. The van der Waals surface area contributed by atoms with E-state index in [1.165, 1.54) is 0 Å². The molecule has 3 aromatic heterocycles. The molecule has 0 aliphatic rings. The lowest BCUT2D eigenvalue weighted by atomic mass is 10.0. The largest absolute Gasteiger partial charge is 0.296 e. The number of rotatable bonds is 2. The summed E-state index contributed by atoms with van der Waals surface area (Å²) in [4.78, 5) is 21.8. The fourth-order valence-electron chi connectivity index (χ4n) is 4.03. The molecule has 0 bridgehead atoms. The van der Waals surface area contributed by atoms with Crippen LogP contribution < -0.4 is 5.56 Å².